The first-order valence-electron chi connectivity index (χ1n) is 6.67. The summed E-state index contributed by atoms with van der Waals surface area (Å²) in [6.45, 7) is 4.19. The number of hydrogen-bond donors (Lipinski definition) is 2. The molecule has 0 aliphatic carbocycles. The minimum atomic E-state index is -0.151. The van der Waals surface area contributed by atoms with Crippen LogP contribution in [0.5, 0.6) is 0 Å². The van der Waals surface area contributed by atoms with Gasteiger partial charge in [0.2, 0.25) is 0 Å². The third-order valence-electron chi connectivity index (χ3n) is 3.26. The molecule has 2 aromatic heterocycles. The van der Waals surface area contributed by atoms with E-state index in [4.69, 9.17) is 5.73 Å². The van der Waals surface area contributed by atoms with Crippen molar-refractivity contribution < 1.29 is 4.79 Å². The molecule has 3 rings (SSSR count). The molecular formula is C16H15N3OS. The lowest BCUT2D eigenvalue weighted by Crippen LogP contribution is -2.23. The number of benzene rings is 1. The predicted octanol–water partition coefficient (Wildman–Crippen LogP) is 3.34. The van der Waals surface area contributed by atoms with Crippen molar-refractivity contribution in [3.05, 3.63) is 47.9 Å². The molecule has 0 atom stereocenters. The molecule has 0 saturated carbocycles. The highest BCUT2D eigenvalue weighted by molar-refractivity contribution is 7.21. The van der Waals surface area contributed by atoms with Gasteiger partial charge in [-0.15, -0.1) is 17.9 Å². The summed E-state index contributed by atoms with van der Waals surface area (Å²) in [7, 11) is 0. The van der Waals surface area contributed by atoms with Crippen molar-refractivity contribution in [2.24, 2.45) is 0 Å². The van der Waals surface area contributed by atoms with E-state index in [1.807, 2.05) is 30.3 Å². The summed E-state index contributed by atoms with van der Waals surface area (Å²) in [5.74, 6) is -0.151. The summed E-state index contributed by atoms with van der Waals surface area (Å²) in [5, 5.41) is 4.70. The number of rotatable bonds is 4. The first-order valence-corrected chi connectivity index (χ1v) is 7.49. The molecule has 3 N–H and O–H groups in total. The molecule has 0 saturated heterocycles. The fourth-order valence-corrected chi connectivity index (χ4v) is 3.18. The van der Waals surface area contributed by atoms with Crippen molar-refractivity contribution in [2.75, 3.05) is 12.3 Å². The van der Waals surface area contributed by atoms with Crippen LogP contribution in [0.25, 0.3) is 21.1 Å². The van der Waals surface area contributed by atoms with Gasteiger partial charge < -0.3 is 11.1 Å². The van der Waals surface area contributed by atoms with Gasteiger partial charge in [-0.25, -0.2) is 4.98 Å². The smallest absolute Gasteiger partial charge is 0.263 e. The van der Waals surface area contributed by atoms with Gasteiger partial charge in [-0.2, -0.15) is 0 Å². The average molecular weight is 297 g/mol. The highest BCUT2D eigenvalue weighted by Gasteiger charge is 2.17. The molecule has 0 aliphatic rings. The zero-order chi connectivity index (χ0) is 14.8. The highest BCUT2D eigenvalue weighted by Crippen LogP contribution is 2.34. The molecule has 3 aromatic rings. The minimum absolute atomic E-state index is 0.151. The number of pyridine rings is 1. The number of carbonyl (C=O) groups is 1. The Balaban J connectivity index is 2.04. The lowest BCUT2D eigenvalue weighted by molar-refractivity contribution is 0.0959. The Hall–Kier alpha value is -2.40. The van der Waals surface area contributed by atoms with Crippen molar-refractivity contribution in [3.63, 3.8) is 0 Å². The summed E-state index contributed by atoms with van der Waals surface area (Å²) in [6.07, 6.45) is 2.50. The molecular weight excluding hydrogens is 282 g/mol. The zero-order valence-corrected chi connectivity index (χ0v) is 12.2. The van der Waals surface area contributed by atoms with Gasteiger partial charge in [0.1, 0.15) is 9.71 Å². The maximum absolute atomic E-state index is 12.2. The lowest BCUT2D eigenvalue weighted by Gasteiger charge is -2.01. The second-order valence-corrected chi connectivity index (χ2v) is 5.71. The van der Waals surface area contributed by atoms with E-state index in [9.17, 15) is 4.79 Å². The molecule has 1 aromatic carbocycles. The quantitative estimate of drug-likeness (QED) is 0.573. The second-order valence-electron chi connectivity index (χ2n) is 4.71. The van der Waals surface area contributed by atoms with Crippen LogP contribution in [0.2, 0.25) is 0 Å². The molecule has 21 heavy (non-hydrogen) atoms. The van der Waals surface area contributed by atoms with Gasteiger partial charge in [0.15, 0.2) is 0 Å². The zero-order valence-electron chi connectivity index (χ0n) is 11.4. The second kappa shape index (κ2) is 5.54. The fourth-order valence-electron chi connectivity index (χ4n) is 2.18. The van der Waals surface area contributed by atoms with Crippen LogP contribution in [0.4, 0.5) is 5.69 Å². The molecule has 0 bridgehead atoms. The molecule has 5 heteroatoms. The van der Waals surface area contributed by atoms with Crippen molar-refractivity contribution in [1.82, 2.24) is 10.3 Å². The third-order valence-corrected chi connectivity index (χ3v) is 4.38. The maximum Gasteiger partial charge on any atom is 0.263 e. The van der Waals surface area contributed by atoms with Crippen molar-refractivity contribution >= 4 is 44.1 Å². The summed E-state index contributed by atoms with van der Waals surface area (Å²) in [4.78, 5) is 18.1. The van der Waals surface area contributed by atoms with Crippen LogP contribution in [0.3, 0.4) is 0 Å². The van der Waals surface area contributed by atoms with Crippen molar-refractivity contribution in [3.8, 4) is 0 Å². The molecule has 2 heterocycles. The third kappa shape index (κ3) is 2.48. The first kappa shape index (κ1) is 13.6. The van der Waals surface area contributed by atoms with Gasteiger partial charge >= 0.3 is 0 Å². The number of amides is 1. The number of aromatic nitrogens is 1. The van der Waals surface area contributed by atoms with E-state index in [2.05, 4.69) is 16.9 Å². The first-order chi connectivity index (χ1) is 10.2. The summed E-state index contributed by atoms with van der Waals surface area (Å²) < 4.78 is 0. The van der Waals surface area contributed by atoms with Crippen molar-refractivity contribution in [1.29, 1.82) is 0 Å². The molecule has 106 valence electrons. The summed E-state index contributed by atoms with van der Waals surface area (Å²) in [5.41, 5.74) is 7.54. The van der Waals surface area contributed by atoms with Gasteiger partial charge in [-0.1, -0.05) is 24.3 Å². The maximum atomic E-state index is 12.2. The normalized spacial score (nSPS) is 10.9. The van der Waals surface area contributed by atoms with Crippen LogP contribution in [0.15, 0.2) is 43.0 Å². The SMILES string of the molecule is C=CCCNC(=O)c1sc2nc3ccccc3cc2c1N. The number of thiophene rings is 1. The van der Waals surface area contributed by atoms with E-state index >= 15 is 0 Å². The van der Waals surface area contributed by atoms with Crippen LogP contribution in [-0.4, -0.2) is 17.4 Å². The largest absolute Gasteiger partial charge is 0.397 e. The summed E-state index contributed by atoms with van der Waals surface area (Å²) >= 11 is 1.33. The Morgan fingerprint density at radius 2 is 2.24 bits per heavy atom. The Kier molecular flexibility index (Phi) is 3.58. The van der Waals surface area contributed by atoms with Gasteiger partial charge in [-0.05, 0) is 18.6 Å². The monoisotopic (exact) mass is 297 g/mol. The number of fused-ring (bicyclic) bond motifs is 2. The van der Waals surface area contributed by atoms with Gasteiger partial charge in [0.25, 0.3) is 5.91 Å². The van der Waals surface area contributed by atoms with Crippen LogP contribution in [0, 0.1) is 0 Å². The molecule has 0 radical (unpaired) electrons. The van der Waals surface area contributed by atoms with Gasteiger partial charge in [-0.3, -0.25) is 4.79 Å². The van der Waals surface area contributed by atoms with E-state index in [-0.39, 0.29) is 5.91 Å². The Morgan fingerprint density at radius 1 is 1.43 bits per heavy atom. The molecule has 0 fully saturated rings. The molecule has 1 amide bonds. The number of nitrogen functional groups attached to an aromatic ring is 1. The number of nitrogens with one attached hydrogen (secondary N) is 1. The molecule has 0 spiro atoms. The van der Waals surface area contributed by atoms with E-state index in [1.165, 1.54) is 11.3 Å². The average Bonchev–Trinajstić information content (AvgIpc) is 2.82. The Morgan fingerprint density at radius 3 is 3.05 bits per heavy atom. The number of hydrogen-bond acceptors (Lipinski definition) is 4. The standard InChI is InChI=1S/C16H15N3OS/c1-2-3-8-18-15(20)14-13(17)11-9-10-6-4-5-7-12(10)19-16(11)21-14/h2,4-7,9H,1,3,8,17H2,(H,18,20). The predicted molar refractivity (Wildman–Crippen MR) is 88.7 cm³/mol. The van der Waals surface area contributed by atoms with Crippen LogP contribution < -0.4 is 11.1 Å². The van der Waals surface area contributed by atoms with E-state index in [1.54, 1.807) is 6.08 Å². The van der Waals surface area contributed by atoms with E-state index < -0.39 is 0 Å². The Labute approximate surface area is 126 Å². The molecule has 0 aliphatic heterocycles. The van der Waals surface area contributed by atoms with E-state index in [0.29, 0.717) is 17.1 Å². The van der Waals surface area contributed by atoms with Crippen molar-refractivity contribution in [2.45, 2.75) is 6.42 Å². The highest BCUT2D eigenvalue weighted by atomic mass is 32.1. The number of carbonyl (C=O) groups excluding carboxylic acids is 1. The lowest BCUT2D eigenvalue weighted by atomic mass is 10.1. The van der Waals surface area contributed by atoms with E-state index in [0.717, 1.165) is 27.5 Å². The van der Waals surface area contributed by atoms with Crippen LogP contribution in [-0.2, 0) is 0 Å². The molecule has 0 unspecified atom stereocenters. The molecule has 4 nitrogen and oxygen atoms in total. The summed E-state index contributed by atoms with van der Waals surface area (Å²) in [6, 6.07) is 9.84. The Bertz CT molecular complexity index is 838. The number of nitrogens with two attached hydrogens (primary N) is 1. The van der Waals surface area contributed by atoms with Crippen LogP contribution in [0.1, 0.15) is 16.1 Å². The number of nitrogens with zero attached hydrogens (tertiary/aromatic N) is 1. The van der Waals surface area contributed by atoms with Crippen LogP contribution >= 0.6 is 11.3 Å². The number of anilines is 1. The van der Waals surface area contributed by atoms with Gasteiger partial charge in [0.05, 0.1) is 11.2 Å². The minimum Gasteiger partial charge on any atom is -0.397 e. The van der Waals surface area contributed by atoms with Gasteiger partial charge in [0, 0.05) is 17.3 Å². The fraction of sp³-hybridized carbons (Fsp3) is 0.125. The number of para-hydroxylation sites is 1. The topological polar surface area (TPSA) is 68.0 Å².